The van der Waals surface area contributed by atoms with E-state index in [2.05, 4.69) is 9.97 Å². The topological polar surface area (TPSA) is 86.5 Å². The third-order valence-corrected chi connectivity index (χ3v) is 1.91. The molecule has 1 aliphatic rings. The molecule has 0 unspecified atom stereocenters. The minimum Gasteiger partial charge on any atom is -0.479 e. The molecule has 0 saturated heterocycles. The molecule has 0 radical (unpaired) electrons. The van der Waals surface area contributed by atoms with Crippen LogP contribution in [0, 0.1) is 0 Å². The van der Waals surface area contributed by atoms with E-state index in [9.17, 15) is 4.79 Å². The molecule has 0 saturated carbocycles. The normalized spacial score (nSPS) is 14.3. The summed E-state index contributed by atoms with van der Waals surface area (Å²) < 4.78 is 0. The number of rotatable bonds is 0. The van der Waals surface area contributed by atoms with Crippen molar-refractivity contribution in [2.75, 3.05) is 0 Å². The lowest BCUT2D eigenvalue weighted by Crippen LogP contribution is -2.22. The van der Waals surface area contributed by atoms with E-state index in [4.69, 9.17) is 10.2 Å². The minimum atomic E-state index is -0.988. The molecule has 6 heteroatoms. The zero-order valence-corrected chi connectivity index (χ0v) is 6.64. The van der Waals surface area contributed by atoms with Crippen LogP contribution in [0.3, 0.4) is 0 Å². The Morgan fingerprint density at radius 1 is 1.54 bits per heavy atom. The monoisotopic (exact) mass is 181 g/mol. The molecule has 13 heavy (non-hydrogen) atoms. The van der Waals surface area contributed by atoms with E-state index >= 15 is 0 Å². The van der Waals surface area contributed by atoms with Gasteiger partial charge in [-0.3, -0.25) is 4.90 Å². The summed E-state index contributed by atoms with van der Waals surface area (Å²) in [7, 11) is 0. The molecular formula is C7H7N3O3. The number of carbonyl (C=O) groups is 1. The maximum Gasteiger partial charge on any atom is 0.407 e. The van der Waals surface area contributed by atoms with E-state index in [0.29, 0.717) is 12.2 Å². The van der Waals surface area contributed by atoms with Gasteiger partial charge in [0.15, 0.2) is 0 Å². The number of hydrogen-bond acceptors (Lipinski definition) is 4. The second-order valence-electron chi connectivity index (χ2n) is 2.78. The number of amides is 1. The fourth-order valence-electron chi connectivity index (χ4n) is 1.28. The summed E-state index contributed by atoms with van der Waals surface area (Å²) in [5.41, 5.74) is 1.33. The first kappa shape index (κ1) is 7.78. The second kappa shape index (κ2) is 2.58. The average Bonchev–Trinajstić information content (AvgIpc) is 2.46. The van der Waals surface area contributed by atoms with Gasteiger partial charge in [0, 0.05) is 11.8 Å². The van der Waals surface area contributed by atoms with Crippen molar-refractivity contribution >= 4 is 6.09 Å². The fourth-order valence-corrected chi connectivity index (χ4v) is 1.28. The van der Waals surface area contributed by atoms with Crippen LogP contribution in [-0.2, 0) is 13.1 Å². The third-order valence-electron chi connectivity index (χ3n) is 1.91. The molecule has 1 aromatic rings. The van der Waals surface area contributed by atoms with Crippen molar-refractivity contribution in [3.05, 3.63) is 17.5 Å². The highest BCUT2D eigenvalue weighted by molar-refractivity contribution is 5.66. The number of carboxylic acid groups (broad SMARTS) is 1. The average molecular weight is 181 g/mol. The Morgan fingerprint density at radius 2 is 2.31 bits per heavy atom. The van der Waals surface area contributed by atoms with Crippen LogP contribution in [0.5, 0.6) is 6.01 Å². The van der Waals surface area contributed by atoms with E-state index in [1.165, 1.54) is 11.1 Å². The zero-order chi connectivity index (χ0) is 9.42. The highest BCUT2D eigenvalue weighted by Gasteiger charge is 2.24. The fraction of sp³-hybridized carbons (Fsp3) is 0.286. The van der Waals surface area contributed by atoms with Gasteiger partial charge in [0.05, 0.1) is 18.8 Å². The van der Waals surface area contributed by atoms with Crippen molar-refractivity contribution in [1.29, 1.82) is 0 Å². The lowest BCUT2D eigenvalue weighted by atomic mass is 10.3. The summed E-state index contributed by atoms with van der Waals surface area (Å²) in [5, 5.41) is 17.6. The first-order chi connectivity index (χ1) is 6.16. The van der Waals surface area contributed by atoms with Crippen LogP contribution in [-0.4, -0.2) is 31.2 Å². The molecule has 0 bridgehead atoms. The van der Waals surface area contributed by atoms with Gasteiger partial charge in [-0.2, -0.15) is 4.98 Å². The molecule has 1 aromatic heterocycles. The summed E-state index contributed by atoms with van der Waals surface area (Å²) >= 11 is 0. The second-order valence-corrected chi connectivity index (χ2v) is 2.78. The molecule has 0 spiro atoms. The van der Waals surface area contributed by atoms with Gasteiger partial charge < -0.3 is 10.2 Å². The third kappa shape index (κ3) is 1.26. The molecule has 0 atom stereocenters. The van der Waals surface area contributed by atoms with Crippen LogP contribution in [0.4, 0.5) is 4.79 Å². The Kier molecular flexibility index (Phi) is 1.54. The number of hydrogen-bond donors (Lipinski definition) is 2. The Labute approximate surface area is 73.5 Å². The van der Waals surface area contributed by atoms with E-state index in [0.717, 1.165) is 5.56 Å². The smallest absolute Gasteiger partial charge is 0.407 e. The molecule has 1 amide bonds. The Bertz CT molecular complexity index is 366. The zero-order valence-electron chi connectivity index (χ0n) is 6.64. The van der Waals surface area contributed by atoms with Gasteiger partial charge in [-0.15, -0.1) is 0 Å². The van der Waals surface area contributed by atoms with Crippen molar-refractivity contribution in [2.24, 2.45) is 0 Å². The molecule has 2 heterocycles. The maximum absolute atomic E-state index is 10.6. The van der Waals surface area contributed by atoms with Crippen LogP contribution >= 0.6 is 0 Å². The van der Waals surface area contributed by atoms with Crippen molar-refractivity contribution < 1.29 is 15.0 Å². The van der Waals surface area contributed by atoms with Gasteiger partial charge in [-0.1, -0.05) is 0 Å². The van der Waals surface area contributed by atoms with E-state index in [1.54, 1.807) is 0 Å². The van der Waals surface area contributed by atoms with Gasteiger partial charge in [-0.25, -0.2) is 9.78 Å². The summed E-state index contributed by atoms with van der Waals surface area (Å²) in [6, 6.07) is -0.314. The Balaban J connectivity index is 2.30. The quantitative estimate of drug-likeness (QED) is 0.596. The summed E-state index contributed by atoms with van der Waals surface area (Å²) in [4.78, 5) is 19.1. The van der Waals surface area contributed by atoms with E-state index in [-0.39, 0.29) is 12.6 Å². The predicted octanol–water partition coefficient (Wildman–Crippen LogP) is 0.176. The standard InChI is InChI=1S/C7H7N3O3/c11-6-8-1-4-2-10(7(12)13)3-5(4)9-6/h1H,2-3H2,(H,12,13)(H,8,9,11). The summed E-state index contributed by atoms with van der Waals surface area (Å²) in [5.74, 6) is 0. The Hall–Kier alpha value is -1.85. The molecule has 6 nitrogen and oxygen atoms in total. The molecule has 0 aliphatic carbocycles. The SMILES string of the molecule is O=C(O)N1Cc2cnc(O)nc2C1. The van der Waals surface area contributed by atoms with Gasteiger partial charge in [-0.05, 0) is 0 Å². The van der Waals surface area contributed by atoms with Gasteiger partial charge in [0.25, 0.3) is 0 Å². The molecular weight excluding hydrogens is 174 g/mol. The highest BCUT2D eigenvalue weighted by Crippen LogP contribution is 2.20. The van der Waals surface area contributed by atoms with Crippen molar-refractivity contribution in [3.63, 3.8) is 0 Å². The first-order valence-corrected chi connectivity index (χ1v) is 3.68. The molecule has 0 aromatic carbocycles. The van der Waals surface area contributed by atoms with Gasteiger partial charge >= 0.3 is 12.1 Å². The van der Waals surface area contributed by atoms with Crippen molar-refractivity contribution in [3.8, 4) is 6.01 Å². The number of nitrogens with zero attached hydrogens (tertiary/aromatic N) is 3. The van der Waals surface area contributed by atoms with Crippen molar-refractivity contribution in [1.82, 2.24) is 14.9 Å². The molecule has 2 rings (SSSR count). The molecule has 0 fully saturated rings. The van der Waals surface area contributed by atoms with E-state index in [1.807, 2.05) is 0 Å². The van der Waals surface area contributed by atoms with Crippen molar-refractivity contribution in [2.45, 2.75) is 13.1 Å². The number of aromatic nitrogens is 2. The molecule has 68 valence electrons. The lowest BCUT2D eigenvalue weighted by molar-refractivity contribution is 0.145. The van der Waals surface area contributed by atoms with Gasteiger partial charge in [0.1, 0.15) is 0 Å². The lowest BCUT2D eigenvalue weighted by Gasteiger charge is -2.07. The number of fused-ring (bicyclic) bond motifs is 1. The number of aromatic hydroxyl groups is 1. The highest BCUT2D eigenvalue weighted by atomic mass is 16.4. The summed E-state index contributed by atoms with van der Waals surface area (Å²) in [6.45, 7) is 0.520. The summed E-state index contributed by atoms with van der Waals surface area (Å²) in [6.07, 6.45) is 0.457. The maximum atomic E-state index is 10.6. The first-order valence-electron chi connectivity index (χ1n) is 3.68. The van der Waals surface area contributed by atoms with Gasteiger partial charge in [0.2, 0.25) is 0 Å². The van der Waals surface area contributed by atoms with E-state index < -0.39 is 6.09 Å². The largest absolute Gasteiger partial charge is 0.479 e. The molecule has 2 N–H and O–H groups in total. The van der Waals surface area contributed by atoms with Crippen LogP contribution in [0.1, 0.15) is 11.3 Å². The predicted molar refractivity (Wildman–Crippen MR) is 41.0 cm³/mol. The van der Waals surface area contributed by atoms with Crippen LogP contribution in [0.15, 0.2) is 6.20 Å². The minimum absolute atomic E-state index is 0.223. The Morgan fingerprint density at radius 3 is 3.00 bits per heavy atom. The van der Waals surface area contributed by atoms with Crippen LogP contribution in [0.2, 0.25) is 0 Å². The van der Waals surface area contributed by atoms with Crippen LogP contribution in [0.25, 0.3) is 0 Å². The van der Waals surface area contributed by atoms with Crippen LogP contribution < -0.4 is 0 Å². The molecule has 1 aliphatic heterocycles.